The van der Waals surface area contributed by atoms with Crippen molar-refractivity contribution in [1.82, 2.24) is 0 Å². The molecule has 1 rings (SSSR count). The number of carbonyl (C=O) groups is 1. The second kappa shape index (κ2) is 9.17. The summed E-state index contributed by atoms with van der Waals surface area (Å²) in [4.78, 5) is 11.2. The van der Waals surface area contributed by atoms with E-state index in [9.17, 15) is 4.79 Å². The van der Waals surface area contributed by atoms with Crippen molar-refractivity contribution in [2.24, 2.45) is 0 Å². The Balaban J connectivity index is 1.91. The van der Waals surface area contributed by atoms with Crippen molar-refractivity contribution in [3.63, 3.8) is 0 Å². The molecule has 2 heteroatoms. The van der Waals surface area contributed by atoms with Crippen molar-refractivity contribution in [2.75, 3.05) is 0 Å². The van der Waals surface area contributed by atoms with Crippen molar-refractivity contribution in [2.45, 2.75) is 89.6 Å². The molecule has 1 aliphatic carbocycles. The molecule has 0 unspecified atom stereocenters. The lowest BCUT2D eigenvalue weighted by Gasteiger charge is -2.15. The van der Waals surface area contributed by atoms with E-state index >= 15 is 0 Å². The van der Waals surface area contributed by atoms with Gasteiger partial charge in [-0.2, -0.15) is 0 Å². The molecule has 1 fully saturated rings. The van der Waals surface area contributed by atoms with Gasteiger partial charge in [-0.05, 0) is 25.7 Å². The van der Waals surface area contributed by atoms with E-state index in [2.05, 4.69) is 13.5 Å². The fourth-order valence-electron chi connectivity index (χ4n) is 2.56. The summed E-state index contributed by atoms with van der Waals surface area (Å²) in [5, 5.41) is 0. The highest BCUT2D eigenvalue weighted by Gasteiger charge is 2.45. The van der Waals surface area contributed by atoms with E-state index < -0.39 is 0 Å². The lowest BCUT2D eigenvalue weighted by molar-refractivity contribution is -0.145. The van der Waals surface area contributed by atoms with Crippen LogP contribution in [0.5, 0.6) is 0 Å². The second-order valence-corrected chi connectivity index (χ2v) is 5.89. The number of rotatable bonds is 12. The predicted molar refractivity (Wildman–Crippen MR) is 80.1 cm³/mol. The molecule has 0 atom stereocenters. The lowest BCUT2D eigenvalue weighted by atomic mass is 10.0. The van der Waals surface area contributed by atoms with Gasteiger partial charge in [0, 0.05) is 6.08 Å². The van der Waals surface area contributed by atoms with Gasteiger partial charge in [0.25, 0.3) is 0 Å². The molecule has 0 heterocycles. The van der Waals surface area contributed by atoms with Crippen LogP contribution in [0.15, 0.2) is 12.7 Å². The average Bonchev–Trinajstić information content (AvgIpc) is 3.16. The lowest BCUT2D eigenvalue weighted by Crippen LogP contribution is -2.17. The van der Waals surface area contributed by atoms with Gasteiger partial charge in [-0.1, -0.05) is 64.9 Å². The summed E-state index contributed by atoms with van der Waals surface area (Å²) < 4.78 is 5.41. The van der Waals surface area contributed by atoms with Crippen molar-refractivity contribution in [3.8, 4) is 0 Å². The van der Waals surface area contributed by atoms with Gasteiger partial charge >= 0.3 is 5.97 Å². The van der Waals surface area contributed by atoms with Crippen molar-refractivity contribution < 1.29 is 9.53 Å². The Hall–Kier alpha value is -0.790. The van der Waals surface area contributed by atoms with E-state index in [1.165, 1.54) is 63.9 Å². The van der Waals surface area contributed by atoms with E-state index in [1.807, 2.05) is 0 Å². The average molecular weight is 266 g/mol. The van der Waals surface area contributed by atoms with E-state index in [0.717, 1.165) is 19.3 Å². The van der Waals surface area contributed by atoms with E-state index in [0.29, 0.717) is 0 Å². The zero-order chi connectivity index (χ0) is 14.0. The maximum absolute atomic E-state index is 11.2. The van der Waals surface area contributed by atoms with Crippen LogP contribution in [-0.2, 0) is 9.53 Å². The summed E-state index contributed by atoms with van der Waals surface area (Å²) >= 11 is 0. The van der Waals surface area contributed by atoms with Crippen LogP contribution in [0.2, 0.25) is 0 Å². The molecule has 19 heavy (non-hydrogen) atoms. The van der Waals surface area contributed by atoms with Gasteiger partial charge in [0.1, 0.15) is 5.60 Å². The molecule has 0 amide bonds. The Kier molecular flexibility index (Phi) is 7.85. The van der Waals surface area contributed by atoms with Crippen LogP contribution in [0.1, 0.15) is 84.0 Å². The molecule has 0 aromatic heterocycles. The maximum Gasteiger partial charge on any atom is 0.330 e. The topological polar surface area (TPSA) is 26.3 Å². The molecular weight excluding hydrogens is 236 g/mol. The molecule has 1 aliphatic rings. The fourth-order valence-corrected chi connectivity index (χ4v) is 2.56. The van der Waals surface area contributed by atoms with Gasteiger partial charge in [-0.3, -0.25) is 0 Å². The normalized spacial score (nSPS) is 16.1. The van der Waals surface area contributed by atoms with Gasteiger partial charge in [-0.25, -0.2) is 4.79 Å². The van der Waals surface area contributed by atoms with Gasteiger partial charge in [0.2, 0.25) is 0 Å². The summed E-state index contributed by atoms with van der Waals surface area (Å²) in [5.41, 5.74) is -0.105. The van der Waals surface area contributed by atoms with Crippen LogP contribution in [0.3, 0.4) is 0 Å². The molecule has 0 aliphatic heterocycles. The molecule has 1 saturated carbocycles. The summed E-state index contributed by atoms with van der Waals surface area (Å²) in [6.07, 6.45) is 16.5. The number of unbranched alkanes of at least 4 members (excludes halogenated alkanes) is 8. The first-order chi connectivity index (χ1) is 9.22. The summed E-state index contributed by atoms with van der Waals surface area (Å²) in [5.74, 6) is -0.256. The van der Waals surface area contributed by atoms with E-state index in [1.54, 1.807) is 0 Å². The van der Waals surface area contributed by atoms with Crippen LogP contribution in [0, 0.1) is 0 Å². The predicted octanol–water partition coefficient (Wildman–Crippen LogP) is 5.17. The first-order valence-electron chi connectivity index (χ1n) is 8.08. The van der Waals surface area contributed by atoms with Crippen LogP contribution < -0.4 is 0 Å². The number of hydrogen-bond donors (Lipinski definition) is 0. The Morgan fingerprint density at radius 3 is 2.05 bits per heavy atom. The van der Waals surface area contributed by atoms with Gasteiger partial charge in [0.15, 0.2) is 0 Å². The quantitative estimate of drug-likeness (QED) is 0.277. The first kappa shape index (κ1) is 16.3. The number of carbonyl (C=O) groups excluding carboxylic acids is 1. The van der Waals surface area contributed by atoms with Crippen LogP contribution in [-0.4, -0.2) is 11.6 Å². The van der Waals surface area contributed by atoms with E-state index in [-0.39, 0.29) is 11.6 Å². The molecule has 2 nitrogen and oxygen atoms in total. The molecule has 0 aromatic carbocycles. The third kappa shape index (κ3) is 7.39. The minimum Gasteiger partial charge on any atom is -0.456 e. The highest BCUT2D eigenvalue weighted by Crippen LogP contribution is 2.44. The highest BCUT2D eigenvalue weighted by molar-refractivity contribution is 5.81. The number of esters is 1. The highest BCUT2D eigenvalue weighted by atomic mass is 16.6. The van der Waals surface area contributed by atoms with Crippen molar-refractivity contribution in [1.29, 1.82) is 0 Å². The molecule has 0 aromatic rings. The second-order valence-electron chi connectivity index (χ2n) is 5.89. The molecule has 0 radical (unpaired) electrons. The zero-order valence-corrected chi connectivity index (χ0v) is 12.6. The smallest absolute Gasteiger partial charge is 0.330 e. The van der Waals surface area contributed by atoms with Gasteiger partial charge in [-0.15, -0.1) is 0 Å². The minimum atomic E-state index is -0.256. The Morgan fingerprint density at radius 2 is 1.58 bits per heavy atom. The standard InChI is InChI=1S/C17H30O2/c1-3-5-6-7-8-9-10-11-12-13-17(14-15-17)19-16(18)4-2/h4H,2-3,5-15H2,1H3. The van der Waals surface area contributed by atoms with Crippen LogP contribution >= 0.6 is 0 Å². The van der Waals surface area contributed by atoms with Crippen molar-refractivity contribution >= 4 is 5.97 Å². The third-order valence-electron chi connectivity index (χ3n) is 4.03. The third-order valence-corrected chi connectivity index (χ3v) is 4.03. The van der Waals surface area contributed by atoms with Gasteiger partial charge < -0.3 is 4.74 Å². The Bertz CT molecular complexity index is 266. The Labute approximate surface area is 118 Å². The zero-order valence-electron chi connectivity index (χ0n) is 12.6. The SMILES string of the molecule is C=CC(=O)OC1(CCCCCCCCCCC)CC1. The van der Waals surface area contributed by atoms with E-state index in [4.69, 9.17) is 4.74 Å². The molecule has 0 spiro atoms. The summed E-state index contributed by atoms with van der Waals surface area (Å²) in [6.45, 7) is 5.71. The Morgan fingerprint density at radius 1 is 1.05 bits per heavy atom. The maximum atomic E-state index is 11.2. The molecule has 0 saturated heterocycles. The molecule has 0 N–H and O–H groups in total. The largest absolute Gasteiger partial charge is 0.456 e. The fraction of sp³-hybridized carbons (Fsp3) is 0.824. The first-order valence-corrected chi connectivity index (χ1v) is 8.08. The molecule has 110 valence electrons. The number of ether oxygens (including phenoxy) is 1. The van der Waals surface area contributed by atoms with Crippen molar-refractivity contribution in [3.05, 3.63) is 12.7 Å². The summed E-state index contributed by atoms with van der Waals surface area (Å²) in [6, 6.07) is 0. The van der Waals surface area contributed by atoms with Crippen LogP contribution in [0.25, 0.3) is 0 Å². The van der Waals surface area contributed by atoms with Crippen LogP contribution in [0.4, 0.5) is 0 Å². The number of hydrogen-bond acceptors (Lipinski definition) is 2. The minimum absolute atomic E-state index is 0.105. The molecule has 0 bridgehead atoms. The summed E-state index contributed by atoms with van der Waals surface area (Å²) in [7, 11) is 0. The monoisotopic (exact) mass is 266 g/mol. The molecular formula is C17H30O2. The van der Waals surface area contributed by atoms with Gasteiger partial charge in [0.05, 0.1) is 0 Å².